The third-order valence-corrected chi connectivity index (χ3v) is 5.25. The molecule has 1 fully saturated rings. The van der Waals surface area contributed by atoms with E-state index in [1.165, 1.54) is 33.6 Å². The lowest BCUT2D eigenvalue weighted by Gasteiger charge is -2.36. The molecular weight excluding hydrogens is 332 g/mol. The summed E-state index contributed by atoms with van der Waals surface area (Å²) in [5, 5.41) is 6.98. The topological polar surface area (TPSA) is 24.9 Å². The van der Waals surface area contributed by atoms with Crippen LogP contribution in [-0.4, -0.2) is 17.6 Å². The molecule has 1 aromatic carbocycles. The second-order valence-corrected chi connectivity index (χ2v) is 7.46. The maximum atomic E-state index is 4.50. The highest BCUT2D eigenvalue weighted by Gasteiger charge is 2.29. The normalized spacial score (nSPS) is 21.7. The summed E-state index contributed by atoms with van der Waals surface area (Å²) in [5.74, 6) is 0.728. The van der Waals surface area contributed by atoms with Crippen molar-refractivity contribution >= 4 is 27.3 Å². The van der Waals surface area contributed by atoms with Crippen LogP contribution in [0.2, 0.25) is 0 Å². The second-order valence-electron chi connectivity index (χ2n) is 5.48. The summed E-state index contributed by atoms with van der Waals surface area (Å²) in [7, 11) is 0. The zero-order valence-electron chi connectivity index (χ0n) is 11.6. The van der Waals surface area contributed by atoms with Crippen molar-refractivity contribution in [2.75, 3.05) is 6.54 Å². The fraction of sp³-hybridized carbons (Fsp3) is 0.438. The quantitative estimate of drug-likeness (QED) is 0.869. The molecule has 106 valence electrons. The van der Waals surface area contributed by atoms with Crippen molar-refractivity contribution in [2.45, 2.75) is 38.1 Å². The Morgan fingerprint density at radius 3 is 2.95 bits per heavy atom. The number of aryl methyl sites for hydroxylation is 1. The van der Waals surface area contributed by atoms with E-state index in [4.69, 9.17) is 0 Å². The van der Waals surface area contributed by atoms with E-state index >= 15 is 0 Å². The summed E-state index contributed by atoms with van der Waals surface area (Å²) in [6, 6.07) is 9.39. The molecule has 0 aliphatic heterocycles. The number of benzene rings is 1. The van der Waals surface area contributed by atoms with Crippen LogP contribution in [0.5, 0.6) is 0 Å². The minimum Gasteiger partial charge on any atom is -0.314 e. The lowest BCUT2D eigenvalue weighted by atomic mass is 9.76. The molecule has 1 heterocycles. The lowest BCUT2D eigenvalue weighted by molar-refractivity contribution is 0.292. The Morgan fingerprint density at radius 2 is 2.25 bits per heavy atom. The molecule has 0 spiro atoms. The highest BCUT2D eigenvalue weighted by molar-refractivity contribution is 9.10. The van der Waals surface area contributed by atoms with Crippen LogP contribution in [-0.2, 0) is 6.42 Å². The molecule has 20 heavy (non-hydrogen) atoms. The van der Waals surface area contributed by atoms with Gasteiger partial charge in [-0.15, -0.1) is 11.3 Å². The molecule has 0 saturated heterocycles. The first-order valence-electron chi connectivity index (χ1n) is 7.10. The van der Waals surface area contributed by atoms with Gasteiger partial charge in [-0.1, -0.05) is 28.1 Å². The molecule has 4 heteroatoms. The molecule has 0 amide bonds. The summed E-state index contributed by atoms with van der Waals surface area (Å²) in [6.07, 6.45) is 3.56. The predicted octanol–water partition coefficient (Wildman–Crippen LogP) is 4.29. The molecule has 0 atom stereocenters. The number of aromatic nitrogens is 1. The molecule has 1 N–H and O–H groups in total. The number of thiazole rings is 1. The molecule has 2 nitrogen and oxygen atoms in total. The van der Waals surface area contributed by atoms with E-state index in [0.717, 1.165) is 18.9 Å². The van der Waals surface area contributed by atoms with E-state index in [-0.39, 0.29) is 0 Å². The van der Waals surface area contributed by atoms with Gasteiger partial charge in [0, 0.05) is 28.9 Å². The van der Waals surface area contributed by atoms with Crippen LogP contribution in [0.1, 0.15) is 35.0 Å². The summed E-state index contributed by atoms with van der Waals surface area (Å²) in [4.78, 5) is 4.50. The van der Waals surface area contributed by atoms with Gasteiger partial charge in [0.05, 0.1) is 10.7 Å². The molecule has 1 saturated carbocycles. The summed E-state index contributed by atoms with van der Waals surface area (Å²) >= 11 is 5.29. The van der Waals surface area contributed by atoms with E-state index in [1.807, 2.05) is 0 Å². The van der Waals surface area contributed by atoms with Crippen LogP contribution in [0.4, 0.5) is 0 Å². The van der Waals surface area contributed by atoms with Crippen molar-refractivity contribution in [3.63, 3.8) is 0 Å². The minimum atomic E-state index is 0.679. The minimum absolute atomic E-state index is 0.679. The predicted molar refractivity (Wildman–Crippen MR) is 88.5 cm³/mol. The number of nitrogens with one attached hydrogen (secondary N) is 1. The SMILES string of the molecule is Cc1nc(CCNC2CC(c3cccc(Br)c3)C2)cs1. The van der Waals surface area contributed by atoms with Crippen LogP contribution >= 0.6 is 27.3 Å². The monoisotopic (exact) mass is 350 g/mol. The first-order valence-corrected chi connectivity index (χ1v) is 8.78. The van der Waals surface area contributed by atoms with E-state index in [1.54, 1.807) is 11.3 Å². The highest BCUT2D eigenvalue weighted by atomic mass is 79.9. The molecular formula is C16H19BrN2S. The van der Waals surface area contributed by atoms with E-state index < -0.39 is 0 Å². The maximum absolute atomic E-state index is 4.50. The van der Waals surface area contributed by atoms with Crippen molar-refractivity contribution in [1.82, 2.24) is 10.3 Å². The Bertz CT molecular complexity index is 575. The van der Waals surface area contributed by atoms with Crippen molar-refractivity contribution < 1.29 is 0 Å². The van der Waals surface area contributed by atoms with Crippen molar-refractivity contribution in [1.29, 1.82) is 0 Å². The summed E-state index contributed by atoms with van der Waals surface area (Å²) in [5.41, 5.74) is 2.69. The Kier molecular flexibility index (Phi) is 4.54. The number of hydrogen-bond donors (Lipinski definition) is 1. The first kappa shape index (κ1) is 14.2. The third-order valence-electron chi connectivity index (χ3n) is 3.94. The zero-order valence-corrected chi connectivity index (χ0v) is 14.0. The van der Waals surface area contributed by atoms with Gasteiger partial charge in [-0.05, 0) is 43.4 Å². The summed E-state index contributed by atoms with van der Waals surface area (Å²) < 4.78 is 1.19. The molecule has 2 aromatic rings. The lowest BCUT2D eigenvalue weighted by Crippen LogP contribution is -2.40. The fourth-order valence-corrected chi connectivity index (χ4v) is 3.81. The molecule has 0 radical (unpaired) electrons. The average Bonchev–Trinajstić information content (AvgIpc) is 2.78. The van der Waals surface area contributed by atoms with Gasteiger partial charge in [0.15, 0.2) is 0 Å². The number of nitrogens with zero attached hydrogens (tertiary/aromatic N) is 1. The first-order chi connectivity index (χ1) is 9.70. The average molecular weight is 351 g/mol. The fourth-order valence-electron chi connectivity index (χ4n) is 2.74. The Labute approximate surface area is 132 Å². The maximum Gasteiger partial charge on any atom is 0.0897 e. The van der Waals surface area contributed by atoms with Crippen LogP contribution in [0.3, 0.4) is 0 Å². The van der Waals surface area contributed by atoms with Crippen LogP contribution < -0.4 is 5.32 Å². The van der Waals surface area contributed by atoms with Gasteiger partial charge < -0.3 is 5.32 Å². The van der Waals surface area contributed by atoms with Gasteiger partial charge in [-0.2, -0.15) is 0 Å². The van der Waals surface area contributed by atoms with Crippen LogP contribution in [0.25, 0.3) is 0 Å². The van der Waals surface area contributed by atoms with E-state index in [0.29, 0.717) is 6.04 Å². The second kappa shape index (κ2) is 6.37. The van der Waals surface area contributed by atoms with E-state index in [9.17, 15) is 0 Å². The number of halogens is 1. The largest absolute Gasteiger partial charge is 0.314 e. The Hall–Kier alpha value is -0.710. The van der Waals surface area contributed by atoms with Gasteiger partial charge >= 0.3 is 0 Å². The van der Waals surface area contributed by atoms with Crippen molar-refractivity contribution in [3.8, 4) is 0 Å². The van der Waals surface area contributed by atoms with Gasteiger partial charge in [-0.3, -0.25) is 0 Å². The van der Waals surface area contributed by atoms with Gasteiger partial charge in [-0.25, -0.2) is 4.98 Å². The molecule has 1 aliphatic rings. The highest BCUT2D eigenvalue weighted by Crippen LogP contribution is 2.37. The van der Waals surface area contributed by atoms with Gasteiger partial charge in [0.2, 0.25) is 0 Å². The van der Waals surface area contributed by atoms with Crippen LogP contribution in [0, 0.1) is 6.92 Å². The third kappa shape index (κ3) is 3.48. The number of hydrogen-bond acceptors (Lipinski definition) is 3. The smallest absolute Gasteiger partial charge is 0.0897 e. The van der Waals surface area contributed by atoms with Gasteiger partial charge in [0.25, 0.3) is 0 Å². The standard InChI is InChI=1S/C16H19BrN2S/c1-11-19-15(10-20-11)5-6-18-16-8-13(9-16)12-3-2-4-14(17)7-12/h2-4,7,10,13,16,18H,5-6,8-9H2,1H3. The molecule has 1 aliphatic carbocycles. The molecule has 3 rings (SSSR count). The Morgan fingerprint density at radius 1 is 1.40 bits per heavy atom. The number of rotatable bonds is 5. The molecule has 0 unspecified atom stereocenters. The molecule has 0 bridgehead atoms. The van der Waals surface area contributed by atoms with Crippen molar-refractivity contribution in [3.05, 3.63) is 50.4 Å². The zero-order chi connectivity index (χ0) is 13.9. The van der Waals surface area contributed by atoms with Crippen molar-refractivity contribution in [2.24, 2.45) is 0 Å². The van der Waals surface area contributed by atoms with E-state index in [2.05, 4.69) is 62.8 Å². The molecule has 1 aromatic heterocycles. The Balaban J connectivity index is 1.40. The summed E-state index contributed by atoms with van der Waals surface area (Å²) in [6.45, 7) is 3.11. The van der Waals surface area contributed by atoms with Gasteiger partial charge in [0.1, 0.15) is 0 Å². The van der Waals surface area contributed by atoms with Crippen LogP contribution in [0.15, 0.2) is 34.1 Å².